The molecule has 1 atom stereocenters. The van der Waals surface area contributed by atoms with Crippen LogP contribution in [0.4, 0.5) is 5.69 Å². The fraction of sp³-hybridized carbons (Fsp3) is 0.231. The zero-order chi connectivity index (χ0) is 13.1. The maximum absolute atomic E-state index is 11.1. The van der Waals surface area contributed by atoms with Gasteiger partial charge in [0.15, 0.2) is 0 Å². The van der Waals surface area contributed by atoms with Crippen molar-refractivity contribution in [1.29, 1.82) is 0 Å². The molecule has 2 rings (SSSR count). The second-order valence-corrected chi connectivity index (χ2v) is 5.00. The first-order chi connectivity index (χ1) is 8.58. The molecule has 4 nitrogen and oxygen atoms in total. The molecule has 1 amide bonds. The van der Waals surface area contributed by atoms with Crippen molar-refractivity contribution in [3.05, 3.63) is 45.9 Å². The van der Waals surface area contributed by atoms with E-state index in [4.69, 9.17) is 5.73 Å². The van der Waals surface area contributed by atoms with E-state index in [2.05, 4.69) is 17.2 Å². The van der Waals surface area contributed by atoms with Gasteiger partial charge < -0.3 is 11.1 Å². The zero-order valence-electron chi connectivity index (χ0n) is 10.3. The molecule has 1 aromatic carbocycles. The van der Waals surface area contributed by atoms with Crippen LogP contribution in [0.25, 0.3) is 0 Å². The van der Waals surface area contributed by atoms with Crippen molar-refractivity contribution < 1.29 is 4.79 Å². The summed E-state index contributed by atoms with van der Waals surface area (Å²) in [6, 6.07) is 7.35. The molecule has 0 aliphatic heterocycles. The van der Waals surface area contributed by atoms with Crippen LogP contribution in [0.5, 0.6) is 0 Å². The summed E-state index contributed by atoms with van der Waals surface area (Å²) in [4.78, 5) is 16.5. The molecule has 1 aromatic heterocycles. The molecule has 0 aliphatic carbocycles. The van der Waals surface area contributed by atoms with Crippen LogP contribution in [0.3, 0.4) is 0 Å². The lowest BCUT2D eigenvalue weighted by Gasteiger charge is -2.14. The molecule has 5 heteroatoms. The quantitative estimate of drug-likeness (QED) is 0.889. The number of nitrogens with two attached hydrogens (primary N) is 1. The van der Waals surface area contributed by atoms with Gasteiger partial charge in [-0.2, -0.15) is 0 Å². The molecule has 0 saturated carbocycles. The van der Waals surface area contributed by atoms with Gasteiger partial charge in [-0.3, -0.25) is 4.79 Å². The number of primary amides is 1. The van der Waals surface area contributed by atoms with Gasteiger partial charge in [0.1, 0.15) is 0 Å². The van der Waals surface area contributed by atoms with Crippen LogP contribution in [0.1, 0.15) is 33.9 Å². The highest BCUT2D eigenvalue weighted by molar-refractivity contribution is 7.09. The van der Waals surface area contributed by atoms with Gasteiger partial charge in [0, 0.05) is 16.1 Å². The van der Waals surface area contributed by atoms with Crippen LogP contribution < -0.4 is 11.1 Å². The Kier molecular flexibility index (Phi) is 3.62. The number of nitrogens with zero attached hydrogens (tertiary/aromatic N) is 1. The Morgan fingerprint density at radius 1 is 1.50 bits per heavy atom. The lowest BCUT2D eigenvalue weighted by atomic mass is 10.1. The molecule has 18 heavy (non-hydrogen) atoms. The number of rotatable bonds is 4. The summed E-state index contributed by atoms with van der Waals surface area (Å²) >= 11 is 1.62. The van der Waals surface area contributed by atoms with Crippen molar-refractivity contribution in [2.45, 2.75) is 19.9 Å². The van der Waals surface area contributed by atoms with Gasteiger partial charge in [0.05, 0.1) is 17.2 Å². The molecule has 3 N–H and O–H groups in total. The molecule has 0 bridgehead atoms. The molecule has 94 valence electrons. The van der Waals surface area contributed by atoms with Crippen LogP contribution in [-0.2, 0) is 0 Å². The van der Waals surface area contributed by atoms with Crippen molar-refractivity contribution in [1.82, 2.24) is 4.98 Å². The monoisotopic (exact) mass is 261 g/mol. The first kappa shape index (κ1) is 12.6. The third-order valence-corrected chi connectivity index (χ3v) is 3.82. The Morgan fingerprint density at radius 2 is 2.28 bits per heavy atom. The molecule has 0 fully saturated rings. The number of anilines is 1. The van der Waals surface area contributed by atoms with Crippen molar-refractivity contribution in [3.8, 4) is 0 Å². The van der Waals surface area contributed by atoms with E-state index in [1.807, 2.05) is 24.6 Å². The van der Waals surface area contributed by atoms with E-state index < -0.39 is 5.91 Å². The molecular formula is C13H15N3OS. The smallest absolute Gasteiger partial charge is 0.248 e. The Balaban J connectivity index is 2.17. The zero-order valence-corrected chi connectivity index (χ0v) is 11.1. The molecule has 0 spiro atoms. The van der Waals surface area contributed by atoms with Gasteiger partial charge in [-0.15, -0.1) is 11.3 Å². The molecule has 1 unspecified atom stereocenters. The Morgan fingerprint density at radius 3 is 2.89 bits per heavy atom. The van der Waals surface area contributed by atoms with Crippen molar-refractivity contribution >= 4 is 22.9 Å². The molecule has 2 aromatic rings. The van der Waals surface area contributed by atoms with E-state index in [1.165, 1.54) is 4.88 Å². The summed E-state index contributed by atoms with van der Waals surface area (Å²) < 4.78 is 0. The Labute approximate surface area is 110 Å². The fourth-order valence-electron chi connectivity index (χ4n) is 1.80. The van der Waals surface area contributed by atoms with Crippen molar-refractivity contribution in [3.63, 3.8) is 0 Å². The number of hydrogen-bond acceptors (Lipinski definition) is 4. The predicted octanol–water partition coefficient (Wildman–Crippen LogP) is 2.72. The summed E-state index contributed by atoms with van der Waals surface area (Å²) in [7, 11) is 0. The summed E-state index contributed by atoms with van der Waals surface area (Å²) in [6.07, 6.45) is 0. The van der Waals surface area contributed by atoms with E-state index >= 15 is 0 Å². The molecular weight excluding hydrogens is 246 g/mol. The molecule has 0 radical (unpaired) electrons. The average Bonchev–Trinajstić information content (AvgIpc) is 2.76. The normalized spacial score (nSPS) is 12.1. The number of benzene rings is 1. The maximum atomic E-state index is 11.1. The van der Waals surface area contributed by atoms with Crippen LogP contribution in [0.2, 0.25) is 0 Å². The number of hydrogen-bond donors (Lipinski definition) is 2. The van der Waals surface area contributed by atoms with Crippen LogP contribution in [0, 0.1) is 6.92 Å². The number of nitrogens with one attached hydrogen (secondary N) is 1. The van der Waals surface area contributed by atoms with Gasteiger partial charge in [0.2, 0.25) is 5.91 Å². The van der Waals surface area contributed by atoms with Crippen LogP contribution in [0.15, 0.2) is 29.8 Å². The summed E-state index contributed by atoms with van der Waals surface area (Å²) in [5.74, 6) is -0.416. The molecule has 1 heterocycles. The van der Waals surface area contributed by atoms with Crippen LogP contribution >= 0.6 is 11.3 Å². The Bertz CT molecular complexity index is 565. The fourth-order valence-corrected chi connectivity index (χ4v) is 2.61. The number of amides is 1. The van der Waals surface area contributed by atoms with E-state index in [0.717, 1.165) is 11.4 Å². The highest BCUT2D eigenvalue weighted by atomic mass is 32.1. The first-order valence-corrected chi connectivity index (χ1v) is 6.52. The van der Waals surface area contributed by atoms with E-state index in [1.54, 1.807) is 23.5 Å². The van der Waals surface area contributed by atoms with Crippen molar-refractivity contribution in [2.75, 3.05) is 5.32 Å². The topological polar surface area (TPSA) is 68.0 Å². The third-order valence-electron chi connectivity index (χ3n) is 2.71. The van der Waals surface area contributed by atoms with Gasteiger partial charge in [0.25, 0.3) is 0 Å². The second kappa shape index (κ2) is 5.18. The lowest BCUT2D eigenvalue weighted by molar-refractivity contribution is 0.100. The SMILES string of the molecule is Cc1ncsc1C(C)Nc1cccc(C(N)=O)c1. The largest absolute Gasteiger partial charge is 0.378 e. The van der Waals surface area contributed by atoms with Crippen molar-refractivity contribution in [2.24, 2.45) is 5.73 Å². The van der Waals surface area contributed by atoms with E-state index in [0.29, 0.717) is 5.56 Å². The summed E-state index contributed by atoms with van der Waals surface area (Å²) in [5, 5.41) is 3.34. The van der Waals surface area contributed by atoms with E-state index in [-0.39, 0.29) is 6.04 Å². The van der Waals surface area contributed by atoms with E-state index in [9.17, 15) is 4.79 Å². The molecule has 0 saturated heterocycles. The average molecular weight is 261 g/mol. The summed E-state index contributed by atoms with van der Waals surface area (Å²) in [5.41, 5.74) is 9.52. The standard InChI is InChI=1S/C13H15N3OS/c1-8-12(18-7-15-8)9(2)16-11-5-3-4-10(6-11)13(14)17/h3-7,9,16H,1-2H3,(H2,14,17). The number of carbonyl (C=O) groups excluding carboxylic acids is 1. The number of aryl methyl sites for hydroxylation is 1. The number of aromatic nitrogens is 1. The predicted molar refractivity (Wildman–Crippen MR) is 73.8 cm³/mol. The second-order valence-electron chi connectivity index (χ2n) is 4.11. The first-order valence-electron chi connectivity index (χ1n) is 5.64. The lowest BCUT2D eigenvalue weighted by Crippen LogP contribution is -2.12. The summed E-state index contributed by atoms with van der Waals surface area (Å²) in [6.45, 7) is 4.06. The van der Waals surface area contributed by atoms with Gasteiger partial charge in [-0.05, 0) is 32.0 Å². The molecule has 0 aliphatic rings. The van der Waals surface area contributed by atoms with Gasteiger partial charge >= 0.3 is 0 Å². The third kappa shape index (κ3) is 2.68. The minimum absolute atomic E-state index is 0.153. The van der Waals surface area contributed by atoms with Crippen LogP contribution in [-0.4, -0.2) is 10.9 Å². The highest BCUT2D eigenvalue weighted by Crippen LogP contribution is 2.25. The minimum Gasteiger partial charge on any atom is -0.378 e. The van der Waals surface area contributed by atoms with Gasteiger partial charge in [-0.1, -0.05) is 6.07 Å². The number of thiazole rings is 1. The maximum Gasteiger partial charge on any atom is 0.248 e. The van der Waals surface area contributed by atoms with Gasteiger partial charge in [-0.25, -0.2) is 4.98 Å². The number of carbonyl (C=O) groups is 1. The highest BCUT2D eigenvalue weighted by Gasteiger charge is 2.11. The Hall–Kier alpha value is -1.88. The minimum atomic E-state index is -0.416.